The molecule has 1 aliphatic heterocycles. The number of ether oxygens (including phenoxy) is 1. The Labute approximate surface area is 153 Å². The third-order valence-corrected chi connectivity index (χ3v) is 5.19. The Bertz CT molecular complexity index is 663. The van der Waals surface area contributed by atoms with Gasteiger partial charge in [0, 0.05) is 39.2 Å². The second kappa shape index (κ2) is 9.01. The van der Waals surface area contributed by atoms with Crippen molar-refractivity contribution in [2.45, 2.75) is 13.3 Å². The Kier molecular flexibility index (Phi) is 6.47. The minimum atomic E-state index is 0.606. The van der Waals surface area contributed by atoms with E-state index in [1.807, 2.05) is 18.2 Å². The molecule has 136 valence electrons. The van der Waals surface area contributed by atoms with Gasteiger partial charge >= 0.3 is 0 Å². The molecule has 7 heteroatoms. The molecule has 2 aromatic rings. The molecule has 0 bridgehead atoms. The average molecular weight is 362 g/mol. The summed E-state index contributed by atoms with van der Waals surface area (Å²) in [5, 5.41) is 7.70. The predicted octanol–water partition coefficient (Wildman–Crippen LogP) is 2.64. The Morgan fingerprint density at radius 3 is 3.08 bits per heavy atom. The quantitative estimate of drug-likeness (QED) is 0.451. The van der Waals surface area contributed by atoms with Crippen LogP contribution < -0.4 is 10.6 Å². The smallest absolute Gasteiger partial charge is 0.193 e. The third kappa shape index (κ3) is 5.06. The lowest BCUT2D eigenvalue weighted by atomic mass is 10.1. The van der Waals surface area contributed by atoms with Crippen LogP contribution in [-0.4, -0.2) is 62.3 Å². The van der Waals surface area contributed by atoms with E-state index in [1.165, 1.54) is 4.70 Å². The van der Waals surface area contributed by atoms with E-state index in [-0.39, 0.29) is 0 Å². The van der Waals surface area contributed by atoms with E-state index in [9.17, 15) is 0 Å². The Balaban J connectivity index is 1.50. The molecule has 0 radical (unpaired) electrons. The highest BCUT2D eigenvalue weighted by Gasteiger charge is 2.18. The summed E-state index contributed by atoms with van der Waals surface area (Å²) in [6.07, 6.45) is 1.14. The number of rotatable bonds is 7. The van der Waals surface area contributed by atoms with Crippen LogP contribution >= 0.6 is 11.3 Å². The number of hydrogen-bond donors (Lipinski definition) is 2. The number of aliphatic imine (C=N–C) groups is 1. The van der Waals surface area contributed by atoms with Gasteiger partial charge in [-0.25, -0.2) is 4.98 Å². The van der Waals surface area contributed by atoms with E-state index < -0.39 is 0 Å². The fraction of sp³-hybridized carbons (Fsp3) is 0.556. The zero-order valence-electron chi connectivity index (χ0n) is 15.0. The highest BCUT2D eigenvalue weighted by molar-refractivity contribution is 7.22. The van der Waals surface area contributed by atoms with Crippen molar-refractivity contribution in [1.82, 2.24) is 15.2 Å². The molecule has 1 aliphatic rings. The monoisotopic (exact) mass is 361 g/mol. The first-order valence-electron chi connectivity index (χ1n) is 8.93. The van der Waals surface area contributed by atoms with Gasteiger partial charge in [-0.15, -0.1) is 0 Å². The van der Waals surface area contributed by atoms with Crippen molar-refractivity contribution in [3.05, 3.63) is 24.3 Å². The second-order valence-corrected chi connectivity index (χ2v) is 7.29. The van der Waals surface area contributed by atoms with Gasteiger partial charge in [-0.2, -0.15) is 0 Å². The van der Waals surface area contributed by atoms with E-state index in [4.69, 9.17) is 9.73 Å². The van der Waals surface area contributed by atoms with Gasteiger partial charge in [-0.1, -0.05) is 23.5 Å². The summed E-state index contributed by atoms with van der Waals surface area (Å²) in [5.74, 6) is 1.57. The maximum atomic E-state index is 5.47. The maximum absolute atomic E-state index is 5.47. The summed E-state index contributed by atoms with van der Waals surface area (Å²) >= 11 is 1.68. The number of aromatic nitrogens is 1. The van der Waals surface area contributed by atoms with Crippen LogP contribution in [0, 0.1) is 5.92 Å². The molecular weight excluding hydrogens is 334 g/mol. The first kappa shape index (κ1) is 17.9. The molecule has 1 saturated heterocycles. The number of benzene rings is 1. The van der Waals surface area contributed by atoms with Crippen LogP contribution in [0.4, 0.5) is 5.13 Å². The second-order valence-electron chi connectivity index (χ2n) is 6.26. The molecule has 1 unspecified atom stereocenters. The number of hydrogen-bond acceptors (Lipinski definition) is 5. The van der Waals surface area contributed by atoms with Crippen LogP contribution in [0.25, 0.3) is 10.2 Å². The van der Waals surface area contributed by atoms with E-state index in [0.29, 0.717) is 12.5 Å². The number of anilines is 1. The van der Waals surface area contributed by atoms with Crippen LogP contribution in [0.1, 0.15) is 13.3 Å². The van der Waals surface area contributed by atoms with Gasteiger partial charge < -0.3 is 20.3 Å². The number of para-hydroxylation sites is 1. The molecule has 2 heterocycles. The molecule has 1 fully saturated rings. The lowest BCUT2D eigenvalue weighted by molar-refractivity contribution is 0.181. The van der Waals surface area contributed by atoms with Crippen LogP contribution in [0.2, 0.25) is 0 Å². The summed E-state index contributed by atoms with van der Waals surface area (Å²) in [5.41, 5.74) is 1.05. The van der Waals surface area contributed by atoms with Crippen LogP contribution in [0.15, 0.2) is 29.3 Å². The van der Waals surface area contributed by atoms with Crippen LogP contribution in [0.3, 0.4) is 0 Å². The highest BCUT2D eigenvalue weighted by atomic mass is 32.1. The topological polar surface area (TPSA) is 61.8 Å². The summed E-state index contributed by atoms with van der Waals surface area (Å²) in [6.45, 7) is 7.19. The summed E-state index contributed by atoms with van der Waals surface area (Å²) in [4.78, 5) is 11.5. The Hall–Kier alpha value is -1.86. The van der Waals surface area contributed by atoms with Gasteiger partial charge in [-0.3, -0.25) is 4.99 Å². The molecule has 0 saturated carbocycles. The van der Waals surface area contributed by atoms with E-state index in [1.54, 1.807) is 11.3 Å². The standard InChI is InChI=1S/C18H27N5OS/c1-3-19-17(23(2)12-14-8-11-24-13-14)20-9-10-21-18-22-15-6-4-5-7-16(15)25-18/h4-7,14H,3,8-13H2,1-2H3,(H,19,20)(H,21,22). The Morgan fingerprint density at radius 2 is 2.32 bits per heavy atom. The fourth-order valence-electron chi connectivity index (χ4n) is 2.94. The van der Waals surface area contributed by atoms with Crippen LogP contribution in [0.5, 0.6) is 0 Å². The largest absolute Gasteiger partial charge is 0.381 e. The van der Waals surface area contributed by atoms with Gasteiger partial charge in [0.2, 0.25) is 0 Å². The SMILES string of the molecule is CCNC(=NCCNc1nc2ccccc2s1)N(C)CC1CCOC1. The van der Waals surface area contributed by atoms with Crippen molar-refractivity contribution in [2.75, 3.05) is 51.8 Å². The molecule has 1 aromatic heterocycles. The molecule has 1 aromatic carbocycles. The van der Waals surface area contributed by atoms with Crippen molar-refractivity contribution in [3.8, 4) is 0 Å². The number of fused-ring (bicyclic) bond motifs is 1. The first-order chi connectivity index (χ1) is 12.3. The molecule has 0 spiro atoms. The average Bonchev–Trinajstić information content (AvgIpc) is 3.26. The summed E-state index contributed by atoms with van der Waals surface area (Å²) in [6, 6.07) is 8.20. The number of nitrogens with zero attached hydrogens (tertiary/aromatic N) is 3. The zero-order chi connectivity index (χ0) is 17.5. The van der Waals surface area contributed by atoms with Crippen molar-refractivity contribution >= 4 is 32.6 Å². The van der Waals surface area contributed by atoms with E-state index >= 15 is 0 Å². The molecular formula is C18H27N5OS. The summed E-state index contributed by atoms with van der Waals surface area (Å²) < 4.78 is 6.68. The maximum Gasteiger partial charge on any atom is 0.193 e. The lowest BCUT2D eigenvalue weighted by Crippen LogP contribution is -2.41. The number of thiazole rings is 1. The third-order valence-electron chi connectivity index (χ3n) is 4.20. The van der Waals surface area contributed by atoms with Gasteiger partial charge in [0.15, 0.2) is 11.1 Å². The van der Waals surface area contributed by atoms with Gasteiger partial charge in [0.05, 0.1) is 23.4 Å². The number of nitrogens with one attached hydrogen (secondary N) is 2. The van der Waals surface area contributed by atoms with Crippen LogP contribution in [-0.2, 0) is 4.74 Å². The van der Waals surface area contributed by atoms with Gasteiger partial charge in [0.1, 0.15) is 0 Å². The van der Waals surface area contributed by atoms with E-state index in [0.717, 1.165) is 55.9 Å². The summed E-state index contributed by atoms with van der Waals surface area (Å²) in [7, 11) is 2.10. The minimum Gasteiger partial charge on any atom is -0.381 e. The molecule has 3 rings (SSSR count). The van der Waals surface area contributed by atoms with Crippen molar-refractivity contribution < 1.29 is 4.74 Å². The molecule has 25 heavy (non-hydrogen) atoms. The molecule has 0 aliphatic carbocycles. The first-order valence-corrected chi connectivity index (χ1v) is 9.74. The predicted molar refractivity (Wildman–Crippen MR) is 106 cm³/mol. The van der Waals surface area contributed by atoms with Crippen molar-refractivity contribution in [1.29, 1.82) is 0 Å². The molecule has 0 amide bonds. The van der Waals surface area contributed by atoms with Gasteiger partial charge in [-0.05, 0) is 25.5 Å². The number of guanidine groups is 1. The lowest BCUT2D eigenvalue weighted by Gasteiger charge is -2.24. The molecule has 6 nitrogen and oxygen atoms in total. The van der Waals surface area contributed by atoms with E-state index in [2.05, 4.69) is 40.6 Å². The highest BCUT2D eigenvalue weighted by Crippen LogP contribution is 2.24. The minimum absolute atomic E-state index is 0.606. The molecule has 1 atom stereocenters. The zero-order valence-corrected chi connectivity index (χ0v) is 15.8. The fourth-order valence-corrected chi connectivity index (χ4v) is 3.83. The Morgan fingerprint density at radius 1 is 1.44 bits per heavy atom. The van der Waals surface area contributed by atoms with Crippen molar-refractivity contribution in [2.24, 2.45) is 10.9 Å². The molecule has 2 N–H and O–H groups in total. The van der Waals surface area contributed by atoms with Gasteiger partial charge in [0.25, 0.3) is 0 Å². The normalized spacial score (nSPS) is 17.8. The van der Waals surface area contributed by atoms with Crippen molar-refractivity contribution in [3.63, 3.8) is 0 Å².